The topological polar surface area (TPSA) is 15.3 Å². The van der Waals surface area contributed by atoms with Gasteiger partial charge in [0.25, 0.3) is 0 Å². The van der Waals surface area contributed by atoms with Crippen LogP contribution in [0.1, 0.15) is 51.9 Å². The molecule has 0 aromatic heterocycles. The largest absolute Gasteiger partial charge is 0.313 e. The predicted molar refractivity (Wildman–Crippen MR) is 65.1 cm³/mol. The quantitative estimate of drug-likeness (QED) is 0.749. The van der Waals surface area contributed by atoms with E-state index in [1.54, 1.807) is 0 Å². The van der Waals surface area contributed by atoms with Crippen LogP contribution in [-0.4, -0.2) is 36.6 Å². The molecule has 0 spiro atoms. The van der Waals surface area contributed by atoms with Crippen molar-refractivity contribution in [3.05, 3.63) is 0 Å². The first-order valence-electron chi connectivity index (χ1n) is 6.87. The van der Waals surface area contributed by atoms with Gasteiger partial charge in [-0.1, -0.05) is 19.8 Å². The molecule has 1 saturated carbocycles. The van der Waals surface area contributed by atoms with Gasteiger partial charge in [0.05, 0.1) is 0 Å². The minimum Gasteiger partial charge on any atom is -0.313 e. The van der Waals surface area contributed by atoms with E-state index >= 15 is 0 Å². The van der Waals surface area contributed by atoms with Gasteiger partial charge in [0.2, 0.25) is 0 Å². The lowest BCUT2D eigenvalue weighted by molar-refractivity contribution is 0.245. The second kappa shape index (κ2) is 5.86. The van der Waals surface area contributed by atoms with Gasteiger partial charge in [0.15, 0.2) is 0 Å². The molecule has 2 heteroatoms. The summed E-state index contributed by atoms with van der Waals surface area (Å²) in [5, 5.41) is 3.71. The Morgan fingerprint density at radius 3 is 2.67 bits per heavy atom. The van der Waals surface area contributed by atoms with Crippen molar-refractivity contribution in [3.8, 4) is 0 Å². The summed E-state index contributed by atoms with van der Waals surface area (Å²) in [4.78, 5) is 2.68. The maximum absolute atomic E-state index is 3.71. The lowest BCUT2D eigenvalue weighted by Crippen LogP contribution is -2.38. The summed E-state index contributed by atoms with van der Waals surface area (Å²) in [7, 11) is 0. The predicted octanol–water partition coefficient (Wildman–Crippen LogP) is 2.39. The van der Waals surface area contributed by atoms with E-state index in [4.69, 9.17) is 0 Å². The van der Waals surface area contributed by atoms with Crippen LogP contribution < -0.4 is 5.32 Å². The molecule has 0 amide bonds. The van der Waals surface area contributed by atoms with Crippen molar-refractivity contribution in [2.24, 2.45) is 0 Å². The van der Waals surface area contributed by atoms with E-state index < -0.39 is 0 Å². The fourth-order valence-corrected chi connectivity index (χ4v) is 3.19. The second-order valence-corrected chi connectivity index (χ2v) is 5.18. The van der Waals surface area contributed by atoms with Gasteiger partial charge in [-0.05, 0) is 38.6 Å². The Hall–Kier alpha value is -0.0800. The molecule has 1 aliphatic heterocycles. The maximum atomic E-state index is 3.71. The fourth-order valence-electron chi connectivity index (χ4n) is 3.19. The zero-order chi connectivity index (χ0) is 10.5. The van der Waals surface area contributed by atoms with Crippen molar-refractivity contribution < 1.29 is 0 Å². The fraction of sp³-hybridized carbons (Fsp3) is 1.00. The molecule has 0 bridgehead atoms. The SMILES string of the molecule is CCC1CCCN1CCNC1CCCC1. The molecule has 15 heavy (non-hydrogen) atoms. The molecule has 2 fully saturated rings. The minimum absolute atomic E-state index is 0.840. The van der Waals surface area contributed by atoms with Crippen LogP contribution >= 0.6 is 0 Å². The first kappa shape index (κ1) is 11.4. The van der Waals surface area contributed by atoms with Gasteiger partial charge in [-0.25, -0.2) is 0 Å². The number of hydrogen-bond donors (Lipinski definition) is 1. The highest BCUT2D eigenvalue weighted by Crippen LogP contribution is 2.20. The van der Waals surface area contributed by atoms with E-state index in [0.717, 1.165) is 12.1 Å². The average Bonchev–Trinajstić information content (AvgIpc) is 2.88. The molecule has 2 nitrogen and oxygen atoms in total. The van der Waals surface area contributed by atoms with Crippen molar-refractivity contribution in [1.82, 2.24) is 10.2 Å². The number of nitrogens with zero attached hydrogens (tertiary/aromatic N) is 1. The summed E-state index contributed by atoms with van der Waals surface area (Å²) in [6, 6.07) is 1.73. The van der Waals surface area contributed by atoms with Crippen molar-refractivity contribution in [3.63, 3.8) is 0 Å². The molecule has 2 rings (SSSR count). The highest BCUT2D eigenvalue weighted by atomic mass is 15.2. The van der Waals surface area contributed by atoms with Gasteiger partial charge in [0.1, 0.15) is 0 Å². The Kier molecular flexibility index (Phi) is 4.45. The van der Waals surface area contributed by atoms with Crippen LogP contribution in [0.3, 0.4) is 0 Å². The molecule has 1 N–H and O–H groups in total. The summed E-state index contributed by atoms with van der Waals surface area (Å²) in [5.41, 5.74) is 0. The van der Waals surface area contributed by atoms with Gasteiger partial charge in [-0.2, -0.15) is 0 Å². The van der Waals surface area contributed by atoms with E-state index in [1.807, 2.05) is 0 Å². The molecule has 2 aliphatic rings. The highest BCUT2D eigenvalue weighted by Gasteiger charge is 2.22. The summed E-state index contributed by atoms with van der Waals surface area (Å²) in [6.07, 6.45) is 9.90. The minimum atomic E-state index is 0.840. The summed E-state index contributed by atoms with van der Waals surface area (Å²) in [6.45, 7) is 6.15. The average molecular weight is 210 g/mol. The molecule has 1 atom stereocenters. The smallest absolute Gasteiger partial charge is 0.0110 e. The number of hydrogen-bond acceptors (Lipinski definition) is 2. The normalized spacial score (nSPS) is 29.0. The van der Waals surface area contributed by atoms with Crippen molar-refractivity contribution >= 4 is 0 Å². The van der Waals surface area contributed by atoms with Crippen LogP contribution in [0.5, 0.6) is 0 Å². The third-order valence-corrected chi connectivity index (χ3v) is 4.16. The maximum Gasteiger partial charge on any atom is 0.0110 e. The Bertz CT molecular complexity index is 175. The van der Waals surface area contributed by atoms with E-state index in [9.17, 15) is 0 Å². The van der Waals surface area contributed by atoms with Crippen LogP contribution in [-0.2, 0) is 0 Å². The molecule has 0 radical (unpaired) electrons. The second-order valence-electron chi connectivity index (χ2n) is 5.18. The summed E-state index contributed by atoms with van der Waals surface area (Å²) >= 11 is 0. The van der Waals surface area contributed by atoms with Crippen LogP contribution in [0.2, 0.25) is 0 Å². The molecule has 88 valence electrons. The number of nitrogens with one attached hydrogen (secondary N) is 1. The van der Waals surface area contributed by atoms with Crippen molar-refractivity contribution in [2.75, 3.05) is 19.6 Å². The number of rotatable bonds is 5. The third kappa shape index (κ3) is 3.18. The molecular formula is C13H26N2. The van der Waals surface area contributed by atoms with Crippen molar-refractivity contribution in [1.29, 1.82) is 0 Å². The van der Waals surface area contributed by atoms with E-state index in [1.165, 1.54) is 64.6 Å². The highest BCUT2D eigenvalue weighted by molar-refractivity contribution is 4.79. The van der Waals surface area contributed by atoms with Gasteiger partial charge in [-0.3, -0.25) is 4.90 Å². The van der Waals surface area contributed by atoms with Crippen LogP contribution in [0.15, 0.2) is 0 Å². The van der Waals surface area contributed by atoms with E-state index in [0.29, 0.717) is 0 Å². The number of likely N-dealkylation sites (tertiary alicyclic amines) is 1. The van der Waals surface area contributed by atoms with Crippen LogP contribution in [0.4, 0.5) is 0 Å². The Balaban J connectivity index is 1.60. The van der Waals surface area contributed by atoms with E-state index in [-0.39, 0.29) is 0 Å². The lowest BCUT2D eigenvalue weighted by Gasteiger charge is -2.24. The zero-order valence-corrected chi connectivity index (χ0v) is 10.2. The lowest BCUT2D eigenvalue weighted by atomic mass is 10.2. The molecule has 1 saturated heterocycles. The van der Waals surface area contributed by atoms with E-state index in [2.05, 4.69) is 17.1 Å². The summed E-state index contributed by atoms with van der Waals surface area (Å²) in [5.74, 6) is 0. The van der Waals surface area contributed by atoms with Gasteiger partial charge >= 0.3 is 0 Å². The van der Waals surface area contributed by atoms with Gasteiger partial charge in [0, 0.05) is 25.2 Å². The third-order valence-electron chi connectivity index (χ3n) is 4.16. The Morgan fingerprint density at radius 2 is 1.93 bits per heavy atom. The Morgan fingerprint density at radius 1 is 1.13 bits per heavy atom. The first-order valence-corrected chi connectivity index (χ1v) is 6.87. The molecule has 0 aromatic carbocycles. The van der Waals surface area contributed by atoms with Crippen molar-refractivity contribution in [2.45, 2.75) is 64.0 Å². The standard InChI is InChI=1S/C13H26N2/c1-2-13-8-5-10-15(13)11-9-14-12-6-3-4-7-12/h12-14H,2-11H2,1H3. The van der Waals surface area contributed by atoms with Crippen LogP contribution in [0, 0.1) is 0 Å². The van der Waals surface area contributed by atoms with Gasteiger partial charge < -0.3 is 5.32 Å². The van der Waals surface area contributed by atoms with Gasteiger partial charge in [-0.15, -0.1) is 0 Å². The molecule has 1 unspecified atom stereocenters. The molecular weight excluding hydrogens is 184 g/mol. The molecule has 0 aromatic rings. The molecule has 1 aliphatic carbocycles. The summed E-state index contributed by atoms with van der Waals surface area (Å²) < 4.78 is 0. The van der Waals surface area contributed by atoms with Crippen LogP contribution in [0.25, 0.3) is 0 Å². The molecule has 1 heterocycles. The monoisotopic (exact) mass is 210 g/mol. The zero-order valence-electron chi connectivity index (χ0n) is 10.2. The first-order chi connectivity index (χ1) is 7.40. The Labute approximate surface area is 94.4 Å².